The van der Waals surface area contributed by atoms with Crippen molar-refractivity contribution in [3.63, 3.8) is 0 Å². The van der Waals surface area contributed by atoms with Crippen molar-refractivity contribution in [3.05, 3.63) is 57.5 Å². The van der Waals surface area contributed by atoms with Gasteiger partial charge in [0, 0.05) is 11.8 Å². The molecule has 0 saturated heterocycles. The van der Waals surface area contributed by atoms with E-state index < -0.39 is 16.6 Å². The zero-order chi connectivity index (χ0) is 15.6. The number of rotatable bonds is 3. The Labute approximate surface area is 118 Å². The Morgan fingerprint density at radius 1 is 1.43 bits per heavy atom. The number of aryl methyl sites for hydroxylation is 1. The van der Waals surface area contributed by atoms with E-state index in [0.717, 1.165) is 12.3 Å². The maximum atomic E-state index is 13.0. The third kappa shape index (κ3) is 3.11. The number of nitrogens with two attached hydrogens (primary N) is 1. The Morgan fingerprint density at radius 3 is 2.76 bits per heavy atom. The van der Waals surface area contributed by atoms with Gasteiger partial charge in [-0.15, -0.1) is 0 Å². The number of anilines is 2. The zero-order valence-corrected chi connectivity index (χ0v) is 11.0. The van der Waals surface area contributed by atoms with Crippen molar-refractivity contribution >= 4 is 23.1 Å². The molecule has 8 heteroatoms. The number of nitrogens with zero attached hydrogens (tertiary/aromatic N) is 2. The fraction of sp³-hybridized carbons (Fsp3) is 0.0769. The van der Waals surface area contributed by atoms with Crippen LogP contribution in [-0.4, -0.2) is 15.8 Å². The Kier molecular flexibility index (Phi) is 3.79. The number of hydrogen-bond donors (Lipinski definition) is 2. The topological polar surface area (TPSA) is 111 Å². The van der Waals surface area contributed by atoms with E-state index in [2.05, 4.69) is 10.3 Å². The smallest absolute Gasteiger partial charge is 0.288 e. The summed E-state index contributed by atoms with van der Waals surface area (Å²) in [5.41, 5.74) is 5.99. The first kappa shape index (κ1) is 14.4. The molecule has 21 heavy (non-hydrogen) atoms. The molecule has 0 aliphatic rings. The summed E-state index contributed by atoms with van der Waals surface area (Å²) >= 11 is 0. The maximum absolute atomic E-state index is 13.0. The van der Waals surface area contributed by atoms with Gasteiger partial charge in [0.2, 0.25) is 0 Å². The molecule has 0 aliphatic carbocycles. The van der Waals surface area contributed by atoms with Gasteiger partial charge in [0.05, 0.1) is 10.5 Å². The highest BCUT2D eigenvalue weighted by atomic mass is 19.1. The first-order chi connectivity index (χ1) is 9.88. The van der Waals surface area contributed by atoms with E-state index in [1.54, 1.807) is 6.92 Å². The number of nitrogen functional groups attached to an aromatic ring is 1. The molecule has 108 valence electrons. The second-order valence-corrected chi connectivity index (χ2v) is 4.30. The lowest BCUT2D eigenvalue weighted by Gasteiger charge is -2.09. The van der Waals surface area contributed by atoms with E-state index in [9.17, 15) is 19.3 Å². The van der Waals surface area contributed by atoms with Gasteiger partial charge in [-0.25, -0.2) is 9.37 Å². The van der Waals surface area contributed by atoms with E-state index in [1.807, 2.05) is 0 Å². The third-order valence-electron chi connectivity index (χ3n) is 2.80. The molecule has 1 heterocycles. The molecule has 0 spiro atoms. The van der Waals surface area contributed by atoms with Crippen molar-refractivity contribution in [1.29, 1.82) is 0 Å². The summed E-state index contributed by atoms with van der Waals surface area (Å²) in [6.07, 6.45) is 0.968. The summed E-state index contributed by atoms with van der Waals surface area (Å²) in [5, 5.41) is 13.2. The lowest BCUT2D eigenvalue weighted by atomic mass is 10.1. The molecule has 0 fully saturated rings. The lowest BCUT2D eigenvalue weighted by molar-refractivity contribution is -0.385. The van der Waals surface area contributed by atoms with Gasteiger partial charge < -0.3 is 11.1 Å². The molecular formula is C13H11FN4O3. The van der Waals surface area contributed by atoms with Gasteiger partial charge >= 0.3 is 0 Å². The van der Waals surface area contributed by atoms with Gasteiger partial charge in [0.15, 0.2) is 0 Å². The van der Waals surface area contributed by atoms with Crippen molar-refractivity contribution in [3.8, 4) is 0 Å². The minimum Gasteiger partial charge on any atom is -0.383 e. The van der Waals surface area contributed by atoms with Crippen molar-refractivity contribution in [2.45, 2.75) is 6.92 Å². The molecule has 0 radical (unpaired) electrons. The number of halogens is 1. The van der Waals surface area contributed by atoms with Crippen LogP contribution in [0.5, 0.6) is 0 Å². The number of aromatic nitrogens is 1. The SMILES string of the molecule is Cc1cc(F)ccc1NC(=O)c1cc([N+](=O)[O-])cnc1N. The predicted molar refractivity (Wildman–Crippen MR) is 74.4 cm³/mol. The van der Waals surface area contributed by atoms with Crippen LogP contribution >= 0.6 is 0 Å². The Hall–Kier alpha value is -3.03. The van der Waals surface area contributed by atoms with E-state index >= 15 is 0 Å². The lowest BCUT2D eigenvalue weighted by Crippen LogP contribution is -2.16. The van der Waals surface area contributed by atoms with Crippen LogP contribution in [0.1, 0.15) is 15.9 Å². The first-order valence-corrected chi connectivity index (χ1v) is 5.86. The summed E-state index contributed by atoms with van der Waals surface area (Å²) in [6.45, 7) is 1.62. The van der Waals surface area contributed by atoms with Crippen LogP contribution < -0.4 is 11.1 Å². The quantitative estimate of drug-likeness (QED) is 0.665. The third-order valence-corrected chi connectivity index (χ3v) is 2.80. The van der Waals surface area contributed by atoms with Crippen LogP contribution in [0.4, 0.5) is 21.6 Å². The molecule has 2 rings (SSSR count). The second-order valence-electron chi connectivity index (χ2n) is 4.30. The standard InChI is InChI=1S/C13H11FN4O3/c1-7-4-8(14)2-3-11(7)17-13(19)10-5-9(18(20)21)6-16-12(10)15/h2-6H,1H3,(H2,15,16)(H,17,19). The number of benzene rings is 1. The van der Waals surface area contributed by atoms with Crippen LogP contribution in [0, 0.1) is 22.9 Å². The predicted octanol–water partition coefficient (Wildman–Crippen LogP) is 2.27. The molecule has 2 aromatic rings. The number of nitro groups is 1. The Bertz CT molecular complexity index is 733. The maximum Gasteiger partial charge on any atom is 0.288 e. The molecule has 0 saturated carbocycles. The van der Waals surface area contributed by atoms with Gasteiger partial charge in [0.25, 0.3) is 11.6 Å². The van der Waals surface area contributed by atoms with E-state index in [4.69, 9.17) is 5.73 Å². The normalized spacial score (nSPS) is 10.2. The van der Waals surface area contributed by atoms with Crippen molar-refractivity contribution < 1.29 is 14.1 Å². The Morgan fingerprint density at radius 2 is 2.14 bits per heavy atom. The van der Waals surface area contributed by atoms with Crippen molar-refractivity contribution in [2.24, 2.45) is 0 Å². The van der Waals surface area contributed by atoms with Gasteiger partial charge in [-0.2, -0.15) is 0 Å². The van der Waals surface area contributed by atoms with Gasteiger partial charge in [-0.05, 0) is 30.7 Å². The molecular weight excluding hydrogens is 279 g/mol. The fourth-order valence-electron chi connectivity index (χ4n) is 1.70. The van der Waals surface area contributed by atoms with Crippen LogP contribution in [0.2, 0.25) is 0 Å². The molecule has 0 bridgehead atoms. The molecule has 7 nitrogen and oxygen atoms in total. The molecule has 3 N–H and O–H groups in total. The molecule has 1 aromatic carbocycles. The second kappa shape index (κ2) is 5.53. The van der Waals surface area contributed by atoms with Crippen LogP contribution in [0.25, 0.3) is 0 Å². The van der Waals surface area contributed by atoms with Gasteiger partial charge in [-0.1, -0.05) is 0 Å². The summed E-state index contributed by atoms with van der Waals surface area (Å²) in [6, 6.07) is 4.88. The molecule has 0 atom stereocenters. The minimum absolute atomic E-state index is 0.118. The van der Waals surface area contributed by atoms with E-state index in [0.29, 0.717) is 11.3 Å². The molecule has 0 unspecified atom stereocenters. The fourth-order valence-corrected chi connectivity index (χ4v) is 1.70. The summed E-state index contributed by atoms with van der Waals surface area (Å²) in [5.74, 6) is -1.21. The highest BCUT2D eigenvalue weighted by Crippen LogP contribution is 2.20. The number of nitrogens with one attached hydrogen (secondary N) is 1. The Balaban J connectivity index is 2.32. The summed E-state index contributed by atoms with van der Waals surface area (Å²) < 4.78 is 13.0. The molecule has 1 amide bonds. The zero-order valence-electron chi connectivity index (χ0n) is 11.0. The molecule has 1 aromatic heterocycles. The number of hydrogen-bond acceptors (Lipinski definition) is 5. The average molecular weight is 290 g/mol. The van der Waals surface area contributed by atoms with Crippen LogP contribution in [0.3, 0.4) is 0 Å². The van der Waals surface area contributed by atoms with Crippen molar-refractivity contribution in [1.82, 2.24) is 4.98 Å². The van der Waals surface area contributed by atoms with Gasteiger partial charge in [0.1, 0.15) is 17.8 Å². The number of amides is 1. The highest BCUT2D eigenvalue weighted by molar-refractivity contribution is 6.07. The monoisotopic (exact) mass is 290 g/mol. The molecule has 0 aliphatic heterocycles. The highest BCUT2D eigenvalue weighted by Gasteiger charge is 2.17. The van der Waals surface area contributed by atoms with Crippen LogP contribution in [-0.2, 0) is 0 Å². The largest absolute Gasteiger partial charge is 0.383 e. The van der Waals surface area contributed by atoms with E-state index in [-0.39, 0.29) is 17.1 Å². The first-order valence-electron chi connectivity index (χ1n) is 5.86. The van der Waals surface area contributed by atoms with E-state index in [1.165, 1.54) is 18.2 Å². The number of carbonyl (C=O) groups is 1. The summed E-state index contributed by atoms with van der Waals surface area (Å²) in [4.78, 5) is 25.7. The average Bonchev–Trinajstić information content (AvgIpc) is 2.42. The summed E-state index contributed by atoms with van der Waals surface area (Å²) in [7, 11) is 0. The van der Waals surface area contributed by atoms with Crippen molar-refractivity contribution in [2.75, 3.05) is 11.1 Å². The number of pyridine rings is 1. The minimum atomic E-state index is -0.674. The number of carbonyl (C=O) groups excluding carboxylic acids is 1. The van der Waals surface area contributed by atoms with Crippen LogP contribution in [0.15, 0.2) is 30.5 Å². The van der Waals surface area contributed by atoms with Gasteiger partial charge in [-0.3, -0.25) is 14.9 Å².